The first kappa shape index (κ1) is 15.5. The second kappa shape index (κ2) is 6.79. The van der Waals surface area contributed by atoms with Crippen molar-refractivity contribution in [3.8, 4) is 0 Å². The van der Waals surface area contributed by atoms with Gasteiger partial charge in [-0.25, -0.2) is 18.1 Å². The van der Waals surface area contributed by atoms with Gasteiger partial charge in [0.2, 0.25) is 10.0 Å². The molecule has 6 heteroatoms. The van der Waals surface area contributed by atoms with Crippen molar-refractivity contribution in [2.45, 2.75) is 51.1 Å². The summed E-state index contributed by atoms with van der Waals surface area (Å²) >= 11 is 0. The maximum Gasteiger partial charge on any atom is 0.213 e. The fourth-order valence-corrected chi connectivity index (χ4v) is 4.42. The quantitative estimate of drug-likeness (QED) is 0.861. The van der Waals surface area contributed by atoms with E-state index >= 15 is 0 Å². The molecule has 1 saturated carbocycles. The minimum absolute atomic E-state index is 0.101. The van der Waals surface area contributed by atoms with Crippen molar-refractivity contribution in [3.05, 3.63) is 30.6 Å². The normalized spacial score (nSPS) is 17.6. The van der Waals surface area contributed by atoms with Gasteiger partial charge in [-0.15, -0.1) is 0 Å². The van der Waals surface area contributed by atoms with Crippen molar-refractivity contribution >= 4 is 21.1 Å². The van der Waals surface area contributed by atoms with Gasteiger partial charge in [-0.3, -0.25) is 0 Å². The Morgan fingerprint density at radius 3 is 2.64 bits per heavy atom. The first-order valence-electron chi connectivity index (χ1n) is 8.04. The van der Waals surface area contributed by atoms with Gasteiger partial charge in [0.1, 0.15) is 0 Å². The van der Waals surface area contributed by atoms with E-state index in [1.165, 1.54) is 12.8 Å². The minimum Gasteiger partial charge on any atom is -0.330 e. The van der Waals surface area contributed by atoms with Crippen LogP contribution in [0, 0.1) is 0 Å². The van der Waals surface area contributed by atoms with E-state index < -0.39 is 10.0 Å². The summed E-state index contributed by atoms with van der Waals surface area (Å²) < 4.78 is 29.4. The molecule has 1 fully saturated rings. The molecule has 120 valence electrons. The number of imidazole rings is 1. The third-order valence-electron chi connectivity index (χ3n) is 4.33. The molecular weight excluding hydrogens is 298 g/mol. The lowest BCUT2D eigenvalue weighted by Gasteiger charge is -2.16. The maximum absolute atomic E-state index is 12.3. The highest BCUT2D eigenvalue weighted by atomic mass is 32.2. The van der Waals surface area contributed by atoms with Crippen LogP contribution in [0.2, 0.25) is 0 Å². The van der Waals surface area contributed by atoms with E-state index in [9.17, 15) is 8.42 Å². The Hall–Kier alpha value is -1.40. The molecule has 1 aliphatic rings. The molecule has 1 aromatic heterocycles. The molecule has 1 aliphatic carbocycles. The van der Waals surface area contributed by atoms with E-state index in [2.05, 4.69) is 9.71 Å². The molecule has 0 bridgehead atoms. The van der Waals surface area contributed by atoms with Gasteiger partial charge >= 0.3 is 0 Å². The standard InChI is InChI=1S/C16H23N3O2S/c20-22(21,18-14-7-3-1-2-4-8-14)12-11-19-13-17-15-9-5-6-10-16(15)19/h5-6,9-10,13-14,18H,1-4,7-8,11-12H2. The summed E-state index contributed by atoms with van der Waals surface area (Å²) in [4.78, 5) is 4.30. The number of para-hydroxylation sites is 2. The average molecular weight is 321 g/mol. The molecule has 1 N–H and O–H groups in total. The maximum atomic E-state index is 12.3. The number of nitrogens with zero attached hydrogens (tertiary/aromatic N) is 2. The number of aromatic nitrogens is 2. The monoisotopic (exact) mass is 321 g/mol. The van der Waals surface area contributed by atoms with E-state index in [0.29, 0.717) is 6.54 Å². The predicted octanol–water partition coefficient (Wildman–Crippen LogP) is 2.68. The molecule has 5 nitrogen and oxygen atoms in total. The van der Waals surface area contributed by atoms with E-state index in [1.54, 1.807) is 6.33 Å². The van der Waals surface area contributed by atoms with Gasteiger partial charge in [0.25, 0.3) is 0 Å². The molecular formula is C16H23N3O2S. The van der Waals surface area contributed by atoms with E-state index in [-0.39, 0.29) is 11.8 Å². The number of rotatable bonds is 5. The molecule has 2 aromatic rings. The smallest absolute Gasteiger partial charge is 0.213 e. The number of hydrogen-bond acceptors (Lipinski definition) is 3. The summed E-state index contributed by atoms with van der Waals surface area (Å²) in [6.07, 6.45) is 8.34. The van der Waals surface area contributed by atoms with Crippen LogP contribution in [0.15, 0.2) is 30.6 Å². The Morgan fingerprint density at radius 1 is 1.14 bits per heavy atom. The van der Waals surface area contributed by atoms with Crippen LogP contribution >= 0.6 is 0 Å². The largest absolute Gasteiger partial charge is 0.330 e. The number of fused-ring (bicyclic) bond motifs is 1. The molecule has 0 radical (unpaired) electrons. The zero-order valence-corrected chi connectivity index (χ0v) is 13.6. The summed E-state index contributed by atoms with van der Waals surface area (Å²) in [7, 11) is -3.24. The number of benzene rings is 1. The van der Waals surface area contributed by atoms with Gasteiger partial charge in [-0.05, 0) is 25.0 Å². The zero-order chi connectivity index (χ0) is 15.4. The molecule has 0 saturated heterocycles. The third-order valence-corrected chi connectivity index (χ3v) is 5.74. The Labute approximate surface area is 131 Å². The minimum atomic E-state index is -3.24. The van der Waals surface area contributed by atoms with Crippen LogP contribution in [0.5, 0.6) is 0 Å². The number of sulfonamides is 1. The number of nitrogens with one attached hydrogen (secondary N) is 1. The lowest BCUT2D eigenvalue weighted by molar-refractivity contribution is 0.507. The lowest BCUT2D eigenvalue weighted by Crippen LogP contribution is -2.36. The van der Waals surface area contributed by atoms with Crippen LogP contribution in [-0.2, 0) is 16.6 Å². The van der Waals surface area contributed by atoms with Crippen LogP contribution in [0.1, 0.15) is 38.5 Å². The topological polar surface area (TPSA) is 64.0 Å². The van der Waals surface area contributed by atoms with Crippen LogP contribution in [0.25, 0.3) is 11.0 Å². The number of aryl methyl sites for hydroxylation is 1. The van der Waals surface area contributed by atoms with Crippen molar-refractivity contribution in [2.24, 2.45) is 0 Å². The highest BCUT2D eigenvalue weighted by Gasteiger charge is 2.19. The Bertz CT molecular complexity index is 716. The fourth-order valence-electron chi connectivity index (χ4n) is 3.12. The Balaban J connectivity index is 1.62. The number of hydrogen-bond donors (Lipinski definition) is 1. The van der Waals surface area contributed by atoms with Gasteiger partial charge in [0.15, 0.2) is 0 Å². The van der Waals surface area contributed by atoms with Crippen LogP contribution < -0.4 is 4.72 Å². The Morgan fingerprint density at radius 2 is 1.86 bits per heavy atom. The fraction of sp³-hybridized carbons (Fsp3) is 0.562. The highest BCUT2D eigenvalue weighted by Crippen LogP contribution is 2.18. The first-order chi connectivity index (χ1) is 10.6. The summed E-state index contributed by atoms with van der Waals surface area (Å²) in [5.74, 6) is 0.101. The van der Waals surface area contributed by atoms with Gasteiger partial charge < -0.3 is 4.57 Å². The Kier molecular flexibility index (Phi) is 4.78. The zero-order valence-electron chi connectivity index (χ0n) is 12.7. The SMILES string of the molecule is O=S(=O)(CCn1cnc2ccccc21)NC1CCCCCC1. The van der Waals surface area contributed by atoms with Crippen LogP contribution in [-0.4, -0.2) is 29.8 Å². The summed E-state index contributed by atoms with van der Waals surface area (Å²) in [6.45, 7) is 0.433. The third kappa shape index (κ3) is 3.87. The van der Waals surface area contributed by atoms with E-state index in [0.717, 1.165) is 36.7 Å². The van der Waals surface area contributed by atoms with Crippen LogP contribution in [0.4, 0.5) is 0 Å². The van der Waals surface area contributed by atoms with E-state index in [4.69, 9.17) is 0 Å². The van der Waals surface area contributed by atoms with Crippen molar-refractivity contribution in [1.82, 2.24) is 14.3 Å². The van der Waals surface area contributed by atoms with Crippen molar-refractivity contribution in [2.75, 3.05) is 5.75 Å². The molecule has 0 amide bonds. The van der Waals surface area contributed by atoms with Gasteiger partial charge in [0, 0.05) is 12.6 Å². The molecule has 22 heavy (non-hydrogen) atoms. The van der Waals surface area contributed by atoms with Crippen molar-refractivity contribution in [3.63, 3.8) is 0 Å². The van der Waals surface area contributed by atoms with Crippen molar-refractivity contribution < 1.29 is 8.42 Å². The molecule has 0 atom stereocenters. The molecule has 1 heterocycles. The molecule has 0 spiro atoms. The molecule has 0 unspecified atom stereocenters. The van der Waals surface area contributed by atoms with Crippen LogP contribution in [0.3, 0.4) is 0 Å². The average Bonchev–Trinajstić information content (AvgIpc) is 2.75. The lowest BCUT2D eigenvalue weighted by atomic mass is 10.1. The predicted molar refractivity (Wildman–Crippen MR) is 88.1 cm³/mol. The first-order valence-corrected chi connectivity index (χ1v) is 9.69. The van der Waals surface area contributed by atoms with Crippen molar-refractivity contribution in [1.29, 1.82) is 0 Å². The summed E-state index contributed by atoms with van der Waals surface area (Å²) in [6, 6.07) is 7.90. The van der Waals surface area contributed by atoms with Gasteiger partial charge in [-0.1, -0.05) is 37.8 Å². The molecule has 0 aliphatic heterocycles. The molecule has 3 rings (SSSR count). The summed E-state index contributed by atoms with van der Waals surface area (Å²) in [5, 5.41) is 0. The van der Waals surface area contributed by atoms with E-state index in [1.807, 2.05) is 28.8 Å². The summed E-state index contributed by atoms with van der Waals surface area (Å²) in [5.41, 5.74) is 1.88. The van der Waals surface area contributed by atoms with Gasteiger partial charge in [-0.2, -0.15) is 0 Å². The molecule has 1 aromatic carbocycles. The highest BCUT2D eigenvalue weighted by molar-refractivity contribution is 7.89. The van der Waals surface area contributed by atoms with Gasteiger partial charge in [0.05, 0.1) is 23.1 Å². The second-order valence-electron chi connectivity index (χ2n) is 6.05. The second-order valence-corrected chi connectivity index (χ2v) is 7.93.